The van der Waals surface area contributed by atoms with E-state index >= 15 is 0 Å². The third kappa shape index (κ3) is 4.66. The minimum atomic E-state index is -0.522. The van der Waals surface area contributed by atoms with Gasteiger partial charge in [0.05, 0.1) is 5.75 Å². The van der Waals surface area contributed by atoms with Gasteiger partial charge in [-0.15, -0.1) is 10.2 Å². The Morgan fingerprint density at radius 3 is 2.59 bits per heavy atom. The van der Waals surface area contributed by atoms with Crippen molar-refractivity contribution in [1.29, 1.82) is 0 Å². The van der Waals surface area contributed by atoms with Crippen LogP contribution < -0.4 is 20.3 Å². The lowest BCUT2D eigenvalue weighted by molar-refractivity contribution is -0.119. The van der Waals surface area contributed by atoms with Crippen LogP contribution in [0.1, 0.15) is 22.4 Å². The first-order chi connectivity index (χ1) is 14.2. The molecule has 0 bridgehead atoms. The average molecular weight is 412 g/mol. The van der Waals surface area contributed by atoms with E-state index in [2.05, 4.69) is 21.0 Å². The molecule has 2 amide bonds. The van der Waals surface area contributed by atoms with Crippen molar-refractivity contribution >= 4 is 23.6 Å². The van der Waals surface area contributed by atoms with Crippen molar-refractivity contribution in [3.8, 4) is 11.5 Å². The van der Waals surface area contributed by atoms with Crippen molar-refractivity contribution in [2.45, 2.75) is 11.3 Å². The van der Waals surface area contributed by atoms with E-state index in [0.717, 1.165) is 11.8 Å². The number of nitrogens with one attached hydrogen (secondary N) is 2. The first kappa shape index (κ1) is 18.8. The number of rotatable bonds is 5. The summed E-state index contributed by atoms with van der Waals surface area (Å²) in [7, 11) is 0. The number of nitrogens with zero attached hydrogens (tertiary/aromatic N) is 2. The number of ether oxygens (including phenoxy) is 2. The topological polar surface area (TPSA) is 116 Å². The first-order valence-corrected chi connectivity index (χ1v) is 9.66. The molecule has 1 aliphatic rings. The summed E-state index contributed by atoms with van der Waals surface area (Å²) >= 11 is 1.05. The fourth-order valence-corrected chi connectivity index (χ4v) is 3.07. The molecule has 29 heavy (non-hydrogen) atoms. The Bertz CT molecular complexity index is 1010. The van der Waals surface area contributed by atoms with Crippen molar-refractivity contribution in [2.75, 3.05) is 12.4 Å². The molecule has 2 N–H and O–H groups in total. The number of fused-ring (bicyclic) bond motifs is 1. The van der Waals surface area contributed by atoms with Gasteiger partial charge in [0.2, 0.25) is 12.0 Å². The molecule has 0 unspecified atom stereocenters. The maximum atomic E-state index is 11.9. The molecule has 0 aliphatic carbocycles. The molecule has 148 valence electrons. The van der Waals surface area contributed by atoms with Gasteiger partial charge in [-0.1, -0.05) is 42.1 Å². The third-order valence-electron chi connectivity index (χ3n) is 3.88. The molecule has 0 fully saturated rings. The van der Waals surface area contributed by atoms with Gasteiger partial charge in [0.1, 0.15) is 6.61 Å². The summed E-state index contributed by atoms with van der Waals surface area (Å²) < 4.78 is 17.0. The van der Waals surface area contributed by atoms with Gasteiger partial charge in [0.25, 0.3) is 17.0 Å². The van der Waals surface area contributed by atoms with Crippen LogP contribution in [0.25, 0.3) is 0 Å². The van der Waals surface area contributed by atoms with Crippen LogP contribution in [0.3, 0.4) is 0 Å². The first-order valence-electron chi connectivity index (χ1n) is 8.68. The van der Waals surface area contributed by atoms with Crippen molar-refractivity contribution in [1.82, 2.24) is 21.0 Å². The van der Waals surface area contributed by atoms with E-state index in [1.165, 1.54) is 0 Å². The van der Waals surface area contributed by atoms with Crippen LogP contribution in [0.4, 0.5) is 0 Å². The number of carbonyl (C=O) groups excluding carboxylic acids is 2. The zero-order valence-corrected chi connectivity index (χ0v) is 15.8. The highest BCUT2D eigenvalue weighted by Crippen LogP contribution is 2.35. The number of benzene rings is 2. The molecule has 9 nitrogen and oxygen atoms in total. The lowest BCUT2D eigenvalue weighted by Gasteiger charge is -2.23. The van der Waals surface area contributed by atoms with Gasteiger partial charge in [0.15, 0.2) is 11.5 Å². The fraction of sp³-hybridized carbons (Fsp3) is 0.158. The monoisotopic (exact) mass is 412 g/mol. The number of para-hydroxylation sites is 2. The number of hydrazine groups is 1. The van der Waals surface area contributed by atoms with Crippen LogP contribution >= 0.6 is 11.8 Å². The second-order valence-corrected chi connectivity index (χ2v) is 6.85. The second-order valence-electron chi connectivity index (χ2n) is 5.93. The van der Waals surface area contributed by atoms with E-state index in [1.54, 1.807) is 36.4 Å². The van der Waals surface area contributed by atoms with Gasteiger partial charge in [-0.2, -0.15) is 0 Å². The van der Waals surface area contributed by atoms with E-state index in [1.807, 2.05) is 18.2 Å². The molecule has 10 heteroatoms. The molecular formula is C19H16N4O5S. The highest BCUT2D eigenvalue weighted by Gasteiger charge is 2.27. The summed E-state index contributed by atoms with van der Waals surface area (Å²) in [6, 6.07) is 15.9. The summed E-state index contributed by atoms with van der Waals surface area (Å²) in [4.78, 5) is 23.8. The van der Waals surface area contributed by atoms with Crippen LogP contribution in [0, 0.1) is 0 Å². The molecule has 2 heterocycles. The molecule has 1 aromatic heterocycles. The normalized spacial score (nSPS) is 14.8. The van der Waals surface area contributed by atoms with Gasteiger partial charge in [-0.05, 0) is 24.3 Å². The van der Waals surface area contributed by atoms with E-state index in [0.29, 0.717) is 17.1 Å². The summed E-state index contributed by atoms with van der Waals surface area (Å²) in [5.74, 6) is 0.696. The van der Waals surface area contributed by atoms with Gasteiger partial charge in [-0.3, -0.25) is 20.4 Å². The molecule has 2 aromatic carbocycles. The smallest absolute Gasteiger partial charge is 0.277 e. The van der Waals surface area contributed by atoms with Crippen molar-refractivity contribution < 1.29 is 23.5 Å². The zero-order chi connectivity index (χ0) is 20.1. The summed E-state index contributed by atoms with van der Waals surface area (Å²) in [5, 5.41) is 8.08. The molecule has 0 saturated carbocycles. The molecular weight excluding hydrogens is 396 g/mol. The Morgan fingerprint density at radius 1 is 1.00 bits per heavy atom. The number of carbonyl (C=O) groups is 2. The quantitative estimate of drug-likeness (QED) is 0.484. The maximum Gasteiger partial charge on any atom is 0.277 e. The van der Waals surface area contributed by atoms with E-state index in [4.69, 9.17) is 13.9 Å². The number of hydrogen-bond donors (Lipinski definition) is 2. The maximum absolute atomic E-state index is 11.9. The largest absolute Gasteiger partial charge is 0.485 e. The van der Waals surface area contributed by atoms with Gasteiger partial charge in [0, 0.05) is 5.56 Å². The number of hydrogen-bond acceptors (Lipinski definition) is 8. The van der Waals surface area contributed by atoms with Crippen LogP contribution in [0.2, 0.25) is 0 Å². The van der Waals surface area contributed by atoms with Crippen LogP contribution in [0.5, 0.6) is 11.5 Å². The van der Waals surface area contributed by atoms with Crippen LogP contribution in [-0.2, 0) is 4.79 Å². The Morgan fingerprint density at radius 2 is 1.76 bits per heavy atom. The van der Waals surface area contributed by atoms with E-state index < -0.39 is 17.9 Å². The van der Waals surface area contributed by atoms with Crippen molar-refractivity contribution in [2.24, 2.45) is 0 Å². The third-order valence-corrected chi connectivity index (χ3v) is 4.70. The summed E-state index contributed by atoms with van der Waals surface area (Å²) in [5.41, 5.74) is 5.13. The minimum absolute atomic E-state index is 0.0123. The van der Waals surface area contributed by atoms with Crippen molar-refractivity contribution in [3.63, 3.8) is 0 Å². The lowest BCUT2D eigenvalue weighted by Crippen LogP contribution is -2.42. The lowest BCUT2D eigenvalue weighted by atomic mass is 10.2. The zero-order valence-electron chi connectivity index (χ0n) is 15.0. The molecule has 1 aliphatic heterocycles. The number of amides is 2. The predicted molar refractivity (Wildman–Crippen MR) is 102 cm³/mol. The summed E-state index contributed by atoms with van der Waals surface area (Å²) in [6.07, 6.45) is -0.522. The standard InChI is InChI=1S/C19H16N4O5S/c24-16(20-21-17(25)12-6-2-1-3-7-12)11-29-19-23-22-18(28-19)15-10-26-13-8-4-5-9-14(13)27-15/h1-9,15H,10-11H2,(H,20,24)(H,21,25)/t15-/m1/s1. The number of aromatic nitrogens is 2. The van der Waals surface area contributed by atoms with Gasteiger partial charge < -0.3 is 13.9 Å². The highest BCUT2D eigenvalue weighted by molar-refractivity contribution is 7.99. The summed E-state index contributed by atoms with van der Waals surface area (Å²) in [6.45, 7) is 0.245. The molecule has 3 aromatic rings. The molecule has 0 radical (unpaired) electrons. The van der Waals surface area contributed by atoms with Crippen molar-refractivity contribution in [3.05, 3.63) is 66.1 Å². The fourth-order valence-electron chi connectivity index (χ4n) is 2.50. The Balaban J connectivity index is 1.25. The van der Waals surface area contributed by atoms with E-state index in [9.17, 15) is 9.59 Å². The Labute approximate surface area is 169 Å². The van der Waals surface area contributed by atoms with Gasteiger partial charge in [-0.25, -0.2) is 0 Å². The molecule has 1 atom stereocenters. The van der Waals surface area contributed by atoms with Crippen LogP contribution in [0.15, 0.2) is 64.2 Å². The van der Waals surface area contributed by atoms with E-state index in [-0.39, 0.29) is 23.5 Å². The molecule has 0 saturated heterocycles. The SMILES string of the molecule is O=C(CSc1nnc([C@H]2COc3ccccc3O2)o1)NNC(=O)c1ccccc1. The average Bonchev–Trinajstić information content (AvgIpc) is 3.25. The predicted octanol–water partition coefficient (Wildman–Crippen LogP) is 2.14. The second kappa shape index (κ2) is 8.65. The Kier molecular flexibility index (Phi) is 5.61. The minimum Gasteiger partial charge on any atom is -0.485 e. The van der Waals surface area contributed by atoms with Gasteiger partial charge >= 0.3 is 0 Å². The highest BCUT2D eigenvalue weighted by atomic mass is 32.2. The number of thioether (sulfide) groups is 1. The Hall–Kier alpha value is -3.53. The molecule has 4 rings (SSSR count). The van der Waals surface area contributed by atoms with Crippen LogP contribution in [-0.4, -0.2) is 34.4 Å². The molecule has 0 spiro atoms.